The van der Waals surface area contributed by atoms with Gasteiger partial charge in [-0.2, -0.15) is 0 Å². The third-order valence-corrected chi connectivity index (χ3v) is 3.97. The van der Waals surface area contributed by atoms with Gasteiger partial charge in [-0.3, -0.25) is 4.79 Å². The van der Waals surface area contributed by atoms with Gasteiger partial charge in [-0.15, -0.1) is 0 Å². The highest BCUT2D eigenvalue weighted by Crippen LogP contribution is 2.27. The lowest BCUT2D eigenvalue weighted by Crippen LogP contribution is -2.45. The van der Waals surface area contributed by atoms with Crippen molar-refractivity contribution in [3.05, 3.63) is 0 Å². The van der Waals surface area contributed by atoms with Gasteiger partial charge < -0.3 is 16.0 Å². The molecule has 0 bridgehead atoms. The predicted molar refractivity (Wildman–Crippen MR) is 75.3 cm³/mol. The number of hydrogen-bond acceptors (Lipinski definition) is 3. The van der Waals surface area contributed by atoms with Crippen molar-refractivity contribution in [3.63, 3.8) is 0 Å². The first-order chi connectivity index (χ1) is 8.65. The first-order valence-electron chi connectivity index (χ1n) is 7.28. The van der Waals surface area contributed by atoms with Crippen LogP contribution in [0.3, 0.4) is 0 Å². The highest BCUT2D eigenvalue weighted by Gasteiger charge is 2.25. The Hall–Kier alpha value is -0.610. The summed E-state index contributed by atoms with van der Waals surface area (Å²) in [4.78, 5) is 13.9. The first kappa shape index (κ1) is 15.4. The maximum absolute atomic E-state index is 11.6. The van der Waals surface area contributed by atoms with Crippen molar-refractivity contribution >= 4 is 5.91 Å². The molecule has 106 valence electrons. The fourth-order valence-corrected chi connectivity index (χ4v) is 2.86. The average molecular weight is 255 g/mol. The molecule has 0 saturated heterocycles. The van der Waals surface area contributed by atoms with Crippen molar-refractivity contribution in [2.75, 3.05) is 27.2 Å². The summed E-state index contributed by atoms with van der Waals surface area (Å²) in [5, 5.41) is 3.06. The van der Waals surface area contributed by atoms with Gasteiger partial charge in [0, 0.05) is 19.0 Å². The Bertz CT molecular complexity index is 237. The van der Waals surface area contributed by atoms with Crippen molar-refractivity contribution in [1.29, 1.82) is 0 Å². The van der Waals surface area contributed by atoms with Crippen LogP contribution in [-0.2, 0) is 4.79 Å². The molecule has 0 aromatic carbocycles. The lowest BCUT2D eigenvalue weighted by atomic mass is 9.83. The number of amides is 1. The maximum Gasteiger partial charge on any atom is 0.220 e. The lowest BCUT2D eigenvalue weighted by Gasteiger charge is -2.35. The summed E-state index contributed by atoms with van der Waals surface area (Å²) >= 11 is 0. The maximum atomic E-state index is 11.6. The second-order valence-electron chi connectivity index (χ2n) is 5.63. The van der Waals surface area contributed by atoms with E-state index >= 15 is 0 Å². The van der Waals surface area contributed by atoms with Crippen molar-refractivity contribution in [3.8, 4) is 0 Å². The summed E-state index contributed by atoms with van der Waals surface area (Å²) in [6.07, 6.45) is 8.01. The van der Waals surface area contributed by atoms with E-state index in [0.29, 0.717) is 19.0 Å². The van der Waals surface area contributed by atoms with Crippen molar-refractivity contribution < 1.29 is 4.79 Å². The fraction of sp³-hybridized carbons (Fsp3) is 0.929. The molecule has 1 amide bonds. The predicted octanol–water partition coefficient (Wildman–Crippen LogP) is 1.35. The monoisotopic (exact) mass is 255 g/mol. The summed E-state index contributed by atoms with van der Waals surface area (Å²) in [6, 6.07) is 0.479. The van der Waals surface area contributed by atoms with Crippen LogP contribution in [-0.4, -0.2) is 44.0 Å². The summed E-state index contributed by atoms with van der Waals surface area (Å²) in [7, 11) is 4.23. The van der Waals surface area contributed by atoms with Gasteiger partial charge >= 0.3 is 0 Å². The van der Waals surface area contributed by atoms with E-state index in [1.54, 1.807) is 0 Å². The highest BCUT2D eigenvalue weighted by atomic mass is 16.1. The van der Waals surface area contributed by atoms with Gasteiger partial charge in [0.1, 0.15) is 0 Å². The van der Waals surface area contributed by atoms with Crippen LogP contribution in [0, 0.1) is 5.92 Å². The molecule has 1 rings (SSSR count). The molecule has 18 heavy (non-hydrogen) atoms. The lowest BCUT2D eigenvalue weighted by molar-refractivity contribution is -0.121. The molecule has 1 atom stereocenters. The normalized spacial score (nSPS) is 18.9. The molecule has 0 aliphatic heterocycles. The first-order valence-corrected chi connectivity index (χ1v) is 7.28. The Labute approximate surface area is 111 Å². The van der Waals surface area contributed by atoms with Gasteiger partial charge in [-0.05, 0) is 45.8 Å². The molecule has 1 saturated carbocycles. The zero-order valence-electron chi connectivity index (χ0n) is 12.0. The summed E-state index contributed by atoms with van der Waals surface area (Å²) in [6.45, 7) is 1.37. The minimum absolute atomic E-state index is 0.142. The van der Waals surface area contributed by atoms with Crippen LogP contribution in [0.2, 0.25) is 0 Å². The van der Waals surface area contributed by atoms with Crippen molar-refractivity contribution in [2.45, 2.75) is 51.0 Å². The summed E-state index contributed by atoms with van der Waals surface area (Å²) in [5.74, 6) is 0.881. The number of carbonyl (C=O) groups is 1. The van der Waals surface area contributed by atoms with Crippen LogP contribution in [0.1, 0.15) is 44.9 Å². The summed E-state index contributed by atoms with van der Waals surface area (Å²) in [5.41, 5.74) is 5.41. The van der Waals surface area contributed by atoms with E-state index < -0.39 is 0 Å². The van der Waals surface area contributed by atoms with E-state index in [1.165, 1.54) is 32.1 Å². The van der Waals surface area contributed by atoms with Crippen LogP contribution in [0.15, 0.2) is 0 Å². The molecule has 0 spiro atoms. The molecular formula is C14H29N3O. The van der Waals surface area contributed by atoms with Crippen LogP contribution in [0.5, 0.6) is 0 Å². The quantitative estimate of drug-likeness (QED) is 0.722. The molecule has 1 aliphatic carbocycles. The zero-order valence-corrected chi connectivity index (χ0v) is 12.0. The molecule has 4 heteroatoms. The summed E-state index contributed by atoms with van der Waals surface area (Å²) < 4.78 is 0. The molecule has 4 nitrogen and oxygen atoms in total. The largest absolute Gasteiger partial charge is 0.355 e. The molecule has 1 unspecified atom stereocenters. The van der Waals surface area contributed by atoms with Crippen molar-refractivity contribution in [1.82, 2.24) is 10.2 Å². The van der Waals surface area contributed by atoms with Crippen LogP contribution < -0.4 is 11.1 Å². The molecule has 1 aliphatic rings. The van der Waals surface area contributed by atoms with Gasteiger partial charge in [0.15, 0.2) is 0 Å². The number of hydrogen-bond donors (Lipinski definition) is 2. The van der Waals surface area contributed by atoms with E-state index in [4.69, 9.17) is 5.73 Å². The fourth-order valence-electron chi connectivity index (χ4n) is 2.86. The average Bonchev–Trinajstić information content (AvgIpc) is 2.37. The standard InChI is InChI=1S/C14H29N3O/c1-17(2)13(12-7-4-3-5-8-12)11-16-14(18)9-6-10-15/h12-13H,3-11,15H2,1-2H3,(H,16,18). The molecule has 0 aromatic heterocycles. The van der Waals surface area contributed by atoms with Crippen LogP contribution in [0.25, 0.3) is 0 Å². The molecule has 0 aromatic rings. The second-order valence-corrected chi connectivity index (χ2v) is 5.63. The van der Waals surface area contributed by atoms with Gasteiger partial charge in [0.25, 0.3) is 0 Å². The Morgan fingerprint density at radius 3 is 2.56 bits per heavy atom. The van der Waals surface area contributed by atoms with Gasteiger partial charge in [-0.1, -0.05) is 19.3 Å². The molecule has 3 N–H and O–H groups in total. The van der Waals surface area contributed by atoms with Gasteiger partial charge in [0.05, 0.1) is 0 Å². The molecular weight excluding hydrogens is 226 g/mol. The Morgan fingerprint density at radius 2 is 2.00 bits per heavy atom. The van der Waals surface area contributed by atoms with E-state index in [2.05, 4.69) is 24.3 Å². The van der Waals surface area contributed by atoms with Crippen LogP contribution in [0.4, 0.5) is 0 Å². The Morgan fingerprint density at radius 1 is 1.33 bits per heavy atom. The second kappa shape index (κ2) is 8.48. The zero-order chi connectivity index (χ0) is 13.4. The third kappa shape index (κ3) is 5.36. The van der Waals surface area contributed by atoms with E-state index in [1.807, 2.05) is 0 Å². The number of rotatable bonds is 7. The number of nitrogens with one attached hydrogen (secondary N) is 1. The number of likely N-dealkylation sites (N-methyl/N-ethyl adjacent to an activating group) is 1. The molecule has 0 radical (unpaired) electrons. The van der Waals surface area contributed by atoms with E-state index in [9.17, 15) is 4.79 Å². The molecule has 0 heterocycles. The minimum Gasteiger partial charge on any atom is -0.355 e. The van der Waals surface area contributed by atoms with Crippen molar-refractivity contribution in [2.24, 2.45) is 11.7 Å². The van der Waals surface area contributed by atoms with Crippen LogP contribution >= 0.6 is 0 Å². The Kier molecular flexibility index (Phi) is 7.28. The Balaban J connectivity index is 2.35. The van der Waals surface area contributed by atoms with Gasteiger partial charge in [-0.25, -0.2) is 0 Å². The van der Waals surface area contributed by atoms with Gasteiger partial charge in [0.2, 0.25) is 5.91 Å². The number of nitrogens with two attached hydrogens (primary N) is 1. The smallest absolute Gasteiger partial charge is 0.220 e. The third-order valence-electron chi connectivity index (χ3n) is 3.97. The number of carbonyl (C=O) groups excluding carboxylic acids is 1. The SMILES string of the molecule is CN(C)C(CNC(=O)CCCN)C1CCCCC1. The highest BCUT2D eigenvalue weighted by molar-refractivity contribution is 5.75. The minimum atomic E-state index is 0.142. The molecule has 1 fully saturated rings. The topological polar surface area (TPSA) is 58.4 Å². The van der Waals surface area contributed by atoms with E-state index in [-0.39, 0.29) is 5.91 Å². The van der Waals surface area contributed by atoms with E-state index in [0.717, 1.165) is 18.9 Å². The number of nitrogens with zero attached hydrogens (tertiary/aromatic N) is 1.